The number of aliphatic hydroxyl groups is 1. The highest BCUT2D eigenvalue weighted by molar-refractivity contribution is 5.02. The van der Waals surface area contributed by atoms with E-state index in [1.807, 2.05) is 24.0 Å². The van der Waals surface area contributed by atoms with E-state index in [1.165, 1.54) is 0 Å². The molecule has 0 radical (unpaired) electrons. The number of aryl methyl sites for hydroxylation is 1. The quantitative estimate of drug-likeness (QED) is 0.769. The summed E-state index contributed by atoms with van der Waals surface area (Å²) in [7, 11) is 0. The Hall–Kier alpha value is -0.830. The molecule has 3 heteroatoms. The number of nitrogens with zero attached hydrogens (tertiary/aromatic N) is 2. The van der Waals surface area contributed by atoms with E-state index < -0.39 is 0 Å². The number of hydrogen-bond acceptors (Lipinski definition) is 2. The first-order chi connectivity index (χ1) is 6.98. The van der Waals surface area contributed by atoms with Crippen LogP contribution in [-0.2, 0) is 0 Å². The molecule has 1 aliphatic carbocycles. The van der Waals surface area contributed by atoms with Crippen LogP contribution in [0.1, 0.15) is 44.7 Å². The molecule has 0 aliphatic heterocycles. The molecule has 3 nitrogen and oxygen atoms in total. The maximum absolute atomic E-state index is 10.0. The van der Waals surface area contributed by atoms with Gasteiger partial charge in [0.15, 0.2) is 0 Å². The first-order valence-electron chi connectivity index (χ1n) is 5.67. The minimum Gasteiger partial charge on any atom is -0.391 e. The molecule has 15 heavy (non-hydrogen) atoms. The van der Waals surface area contributed by atoms with E-state index in [2.05, 4.69) is 18.9 Å². The third-order valence-corrected chi connectivity index (χ3v) is 3.39. The number of aliphatic hydroxyl groups excluding tert-OH is 1. The van der Waals surface area contributed by atoms with Crippen LogP contribution in [0.5, 0.6) is 0 Å². The zero-order valence-corrected chi connectivity index (χ0v) is 9.77. The van der Waals surface area contributed by atoms with Crippen molar-refractivity contribution in [2.45, 2.75) is 52.2 Å². The predicted molar refractivity (Wildman–Crippen MR) is 59.6 cm³/mol. The SMILES string of the molecule is Cc1cnn(C2CC(C)(C)CCC2O)c1. The molecule has 1 aromatic rings. The Morgan fingerprint density at radius 2 is 2.27 bits per heavy atom. The average Bonchev–Trinajstić information content (AvgIpc) is 2.56. The maximum Gasteiger partial charge on any atom is 0.0783 e. The zero-order valence-electron chi connectivity index (χ0n) is 9.77. The molecule has 0 spiro atoms. The van der Waals surface area contributed by atoms with Gasteiger partial charge in [-0.1, -0.05) is 13.8 Å². The zero-order chi connectivity index (χ0) is 11.1. The monoisotopic (exact) mass is 208 g/mol. The standard InChI is InChI=1S/C12H20N2O/c1-9-7-13-14(8-9)10-6-12(2,3)5-4-11(10)15/h7-8,10-11,15H,4-6H2,1-3H3. The highest BCUT2D eigenvalue weighted by atomic mass is 16.3. The molecule has 2 atom stereocenters. The lowest BCUT2D eigenvalue weighted by molar-refractivity contribution is 0.0227. The van der Waals surface area contributed by atoms with Crippen molar-refractivity contribution in [3.05, 3.63) is 18.0 Å². The molecule has 1 aromatic heterocycles. The minimum absolute atomic E-state index is 0.155. The van der Waals surface area contributed by atoms with Crippen LogP contribution in [0.4, 0.5) is 0 Å². The van der Waals surface area contributed by atoms with Gasteiger partial charge in [-0.3, -0.25) is 4.68 Å². The molecule has 2 rings (SSSR count). The fraction of sp³-hybridized carbons (Fsp3) is 0.750. The molecule has 0 saturated heterocycles. The molecule has 0 bridgehead atoms. The lowest BCUT2D eigenvalue weighted by Crippen LogP contribution is -2.35. The second-order valence-corrected chi connectivity index (χ2v) is 5.54. The third kappa shape index (κ3) is 2.23. The Morgan fingerprint density at radius 3 is 2.87 bits per heavy atom. The topological polar surface area (TPSA) is 38.0 Å². The Morgan fingerprint density at radius 1 is 1.53 bits per heavy atom. The first-order valence-corrected chi connectivity index (χ1v) is 5.67. The molecule has 2 unspecified atom stereocenters. The molecule has 0 amide bonds. The van der Waals surface area contributed by atoms with Crippen molar-refractivity contribution < 1.29 is 5.11 Å². The normalized spacial score (nSPS) is 30.4. The van der Waals surface area contributed by atoms with Crippen LogP contribution in [0.2, 0.25) is 0 Å². The molecule has 1 aliphatic rings. The van der Waals surface area contributed by atoms with E-state index in [0.717, 1.165) is 24.8 Å². The molecule has 84 valence electrons. The summed E-state index contributed by atoms with van der Waals surface area (Å²) >= 11 is 0. The van der Waals surface area contributed by atoms with Gasteiger partial charge in [0, 0.05) is 6.20 Å². The summed E-state index contributed by atoms with van der Waals surface area (Å²) < 4.78 is 1.93. The number of rotatable bonds is 1. The van der Waals surface area contributed by atoms with Crippen LogP contribution in [0.15, 0.2) is 12.4 Å². The predicted octanol–water partition coefficient (Wildman–Crippen LogP) is 2.30. The van der Waals surface area contributed by atoms with E-state index >= 15 is 0 Å². The van der Waals surface area contributed by atoms with Crippen molar-refractivity contribution in [3.8, 4) is 0 Å². The average molecular weight is 208 g/mol. The molecule has 1 fully saturated rings. The summed E-state index contributed by atoms with van der Waals surface area (Å²) in [6, 6.07) is 0.155. The molecule has 1 N–H and O–H groups in total. The van der Waals surface area contributed by atoms with Gasteiger partial charge in [-0.15, -0.1) is 0 Å². The van der Waals surface area contributed by atoms with Gasteiger partial charge in [0.05, 0.1) is 18.3 Å². The van der Waals surface area contributed by atoms with Crippen molar-refractivity contribution >= 4 is 0 Å². The molecule has 0 aromatic carbocycles. The van der Waals surface area contributed by atoms with Gasteiger partial charge in [-0.2, -0.15) is 5.10 Å². The summed E-state index contributed by atoms with van der Waals surface area (Å²) in [6.07, 6.45) is 6.64. The van der Waals surface area contributed by atoms with Gasteiger partial charge in [0.25, 0.3) is 0 Å². The van der Waals surface area contributed by atoms with Gasteiger partial charge in [0.1, 0.15) is 0 Å². The second kappa shape index (κ2) is 3.63. The van der Waals surface area contributed by atoms with Crippen LogP contribution in [0, 0.1) is 12.3 Å². The fourth-order valence-corrected chi connectivity index (χ4v) is 2.42. The van der Waals surface area contributed by atoms with Crippen LogP contribution < -0.4 is 0 Å². The van der Waals surface area contributed by atoms with E-state index in [9.17, 15) is 5.11 Å². The van der Waals surface area contributed by atoms with E-state index in [-0.39, 0.29) is 12.1 Å². The minimum atomic E-state index is -0.239. The highest BCUT2D eigenvalue weighted by Crippen LogP contribution is 2.40. The van der Waals surface area contributed by atoms with Crippen molar-refractivity contribution in [2.75, 3.05) is 0 Å². The molecular formula is C12H20N2O. The third-order valence-electron chi connectivity index (χ3n) is 3.39. The first kappa shape index (κ1) is 10.7. The Balaban J connectivity index is 2.19. The van der Waals surface area contributed by atoms with Crippen molar-refractivity contribution in [1.82, 2.24) is 9.78 Å². The maximum atomic E-state index is 10.0. The van der Waals surface area contributed by atoms with Gasteiger partial charge < -0.3 is 5.11 Å². The van der Waals surface area contributed by atoms with Crippen molar-refractivity contribution in [2.24, 2.45) is 5.41 Å². The van der Waals surface area contributed by atoms with Crippen LogP contribution in [0.3, 0.4) is 0 Å². The van der Waals surface area contributed by atoms with E-state index in [0.29, 0.717) is 5.41 Å². The molecule has 1 saturated carbocycles. The largest absolute Gasteiger partial charge is 0.391 e. The lowest BCUT2D eigenvalue weighted by Gasteiger charge is -2.38. The Bertz CT molecular complexity index is 343. The Kier molecular flexibility index (Phi) is 2.59. The van der Waals surface area contributed by atoms with Gasteiger partial charge in [-0.05, 0) is 37.2 Å². The second-order valence-electron chi connectivity index (χ2n) is 5.54. The van der Waals surface area contributed by atoms with Crippen LogP contribution >= 0.6 is 0 Å². The van der Waals surface area contributed by atoms with E-state index in [1.54, 1.807) is 0 Å². The lowest BCUT2D eigenvalue weighted by atomic mass is 9.74. The molecular weight excluding hydrogens is 188 g/mol. The van der Waals surface area contributed by atoms with Gasteiger partial charge >= 0.3 is 0 Å². The summed E-state index contributed by atoms with van der Waals surface area (Å²) in [4.78, 5) is 0. The van der Waals surface area contributed by atoms with Crippen LogP contribution in [0.25, 0.3) is 0 Å². The Labute approximate surface area is 91.1 Å². The summed E-state index contributed by atoms with van der Waals surface area (Å²) in [5.74, 6) is 0. The smallest absolute Gasteiger partial charge is 0.0783 e. The van der Waals surface area contributed by atoms with E-state index in [4.69, 9.17) is 0 Å². The van der Waals surface area contributed by atoms with Crippen molar-refractivity contribution in [1.29, 1.82) is 0 Å². The van der Waals surface area contributed by atoms with Gasteiger partial charge in [0.2, 0.25) is 0 Å². The fourth-order valence-electron chi connectivity index (χ4n) is 2.42. The summed E-state index contributed by atoms with van der Waals surface area (Å²) in [5, 5.41) is 14.3. The molecule has 1 heterocycles. The summed E-state index contributed by atoms with van der Waals surface area (Å²) in [5.41, 5.74) is 1.48. The summed E-state index contributed by atoms with van der Waals surface area (Å²) in [6.45, 7) is 6.56. The number of aromatic nitrogens is 2. The highest BCUT2D eigenvalue weighted by Gasteiger charge is 2.35. The van der Waals surface area contributed by atoms with Gasteiger partial charge in [-0.25, -0.2) is 0 Å². The van der Waals surface area contributed by atoms with Crippen LogP contribution in [-0.4, -0.2) is 21.0 Å². The van der Waals surface area contributed by atoms with Crippen molar-refractivity contribution in [3.63, 3.8) is 0 Å². The number of hydrogen-bond donors (Lipinski definition) is 1.